The van der Waals surface area contributed by atoms with Gasteiger partial charge in [0.1, 0.15) is 5.75 Å². The summed E-state index contributed by atoms with van der Waals surface area (Å²) >= 11 is 0. The van der Waals surface area contributed by atoms with Crippen LogP contribution in [0.2, 0.25) is 0 Å². The summed E-state index contributed by atoms with van der Waals surface area (Å²) in [6.45, 7) is 2.78. The number of hydrogen-bond acceptors (Lipinski definition) is 3. The fraction of sp³-hybridized carbons (Fsp3) is 0.300. The molecule has 0 aromatic heterocycles. The summed E-state index contributed by atoms with van der Waals surface area (Å²) in [4.78, 5) is 23.9. The molecule has 4 heteroatoms. The summed E-state index contributed by atoms with van der Waals surface area (Å²) < 4.78 is 5.73. The Labute approximate surface area is 141 Å². The molecule has 0 saturated heterocycles. The Hall–Kier alpha value is -2.62. The molecule has 0 radical (unpaired) electrons. The van der Waals surface area contributed by atoms with E-state index >= 15 is 0 Å². The van der Waals surface area contributed by atoms with E-state index < -0.39 is 5.97 Å². The quantitative estimate of drug-likeness (QED) is 0.847. The third-order valence-corrected chi connectivity index (χ3v) is 4.35. The average Bonchev–Trinajstić information content (AvgIpc) is 2.72. The van der Waals surface area contributed by atoms with Gasteiger partial charge in [0, 0.05) is 11.1 Å². The van der Waals surface area contributed by atoms with Crippen LogP contribution in [0.15, 0.2) is 36.4 Å². The van der Waals surface area contributed by atoms with Gasteiger partial charge in [-0.15, -0.1) is 0 Å². The summed E-state index contributed by atoms with van der Waals surface area (Å²) in [5.74, 6) is -0.236. The van der Waals surface area contributed by atoms with Crippen molar-refractivity contribution in [3.63, 3.8) is 0 Å². The number of ether oxygens (including phenoxy) is 1. The molecule has 24 heavy (non-hydrogen) atoms. The van der Waals surface area contributed by atoms with Crippen molar-refractivity contribution < 1.29 is 19.4 Å². The van der Waals surface area contributed by atoms with Gasteiger partial charge in [0.05, 0.1) is 12.2 Å². The Kier molecular flexibility index (Phi) is 4.65. The topological polar surface area (TPSA) is 63.6 Å². The number of carbonyl (C=O) groups excluding carboxylic acids is 1. The van der Waals surface area contributed by atoms with Crippen LogP contribution in [-0.4, -0.2) is 23.5 Å². The highest BCUT2D eigenvalue weighted by molar-refractivity contribution is 6.11. The number of carboxylic acid groups (broad SMARTS) is 1. The molecule has 2 aromatic rings. The minimum absolute atomic E-state index is 0.0467. The van der Waals surface area contributed by atoms with E-state index in [1.54, 1.807) is 12.1 Å². The van der Waals surface area contributed by atoms with Gasteiger partial charge < -0.3 is 9.84 Å². The maximum atomic E-state index is 12.8. The van der Waals surface area contributed by atoms with E-state index in [2.05, 4.69) is 6.92 Å². The predicted molar refractivity (Wildman–Crippen MR) is 91.1 cm³/mol. The Morgan fingerprint density at radius 2 is 1.75 bits per heavy atom. The van der Waals surface area contributed by atoms with E-state index in [1.807, 2.05) is 18.2 Å². The zero-order chi connectivity index (χ0) is 17.1. The van der Waals surface area contributed by atoms with E-state index in [4.69, 9.17) is 9.84 Å². The molecule has 1 N–H and O–H groups in total. The largest absolute Gasteiger partial charge is 0.494 e. The molecule has 0 saturated carbocycles. The molecule has 0 unspecified atom stereocenters. The average molecular weight is 324 g/mol. The summed E-state index contributed by atoms with van der Waals surface area (Å²) in [7, 11) is 0. The smallest absolute Gasteiger partial charge is 0.335 e. The van der Waals surface area contributed by atoms with Gasteiger partial charge in [-0.05, 0) is 66.8 Å². The monoisotopic (exact) mass is 324 g/mol. The number of carboxylic acids is 1. The maximum absolute atomic E-state index is 12.8. The summed E-state index contributed by atoms with van der Waals surface area (Å²) in [5, 5.41) is 9.13. The first-order valence-corrected chi connectivity index (χ1v) is 8.26. The zero-order valence-electron chi connectivity index (χ0n) is 13.7. The number of unbranched alkanes of at least 4 members (excludes halogenated alkanes) is 1. The minimum atomic E-state index is -0.973. The number of aromatic carboxylic acids is 1. The molecule has 0 amide bonds. The van der Waals surface area contributed by atoms with Crippen LogP contribution >= 0.6 is 0 Å². The molecule has 0 heterocycles. The summed E-state index contributed by atoms with van der Waals surface area (Å²) in [6, 6.07) is 10.3. The Morgan fingerprint density at radius 1 is 1.08 bits per heavy atom. The summed E-state index contributed by atoms with van der Waals surface area (Å²) in [5.41, 5.74) is 3.25. The molecular formula is C20H20O4. The molecule has 2 aromatic carbocycles. The molecule has 0 fully saturated rings. The molecule has 0 atom stereocenters. The van der Waals surface area contributed by atoms with Crippen molar-refractivity contribution in [1.82, 2.24) is 0 Å². The number of rotatable bonds is 5. The van der Waals surface area contributed by atoms with E-state index in [1.165, 1.54) is 6.07 Å². The highest BCUT2D eigenvalue weighted by atomic mass is 16.5. The van der Waals surface area contributed by atoms with Gasteiger partial charge in [0.2, 0.25) is 0 Å². The number of ketones is 1. The van der Waals surface area contributed by atoms with Gasteiger partial charge in [-0.1, -0.05) is 13.3 Å². The van der Waals surface area contributed by atoms with Crippen LogP contribution in [0.5, 0.6) is 5.75 Å². The minimum Gasteiger partial charge on any atom is -0.494 e. The number of aryl methyl sites for hydroxylation is 2. The fourth-order valence-corrected chi connectivity index (χ4v) is 2.99. The van der Waals surface area contributed by atoms with Crippen molar-refractivity contribution in [3.8, 4) is 5.75 Å². The van der Waals surface area contributed by atoms with E-state index in [9.17, 15) is 9.59 Å². The second kappa shape index (κ2) is 6.87. The van der Waals surface area contributed by atoms with E-state index in [0.29, 0.717) is 30.6 Å². The van der Waals surface area contributed by atoms with Crippen LogP contribution in [-0.2, 0) is 12.8 Å². The lowest BCUT2D eigenvalue weighted by molar-refractivity contribution is 0.0696. The van der Waals surface area contributed by atoms with E-state index in [0.717, 1.165) is 29.7 Å². The Balaban J connectivity index is 1.91. The molecule has 0 aliphatic heterocycles. The third kappa shape index (κ3) is 3.18. The van der Waals surface area contributed by atoms with Crippen LogP contribution in [0.25, 0.3) is 0 Å². The number of benzene rings is 2. The highest BCUT2D eigenvalue weighted by Crippen LogP contribution is 2.28. The highest BCUT2D eigenvalue weighted by Gasteiger charge is 2.22. The van der Waals surface area contributed by atoms with Gasteiger partial charge in [-0.3, -0.25) is 4.79 Å². The van der Waals surface area contributed by atoms with Crippen molar-refractivity contribution in [3.05, 3.63) is 64.2 Å². The first-order chi connectivity index (χ1) is 11.6. The summed E-state index contributed by atoms with van der Waals surface area (Å²) in [6.07, 6.45) is 3.42. The lowest BCUT2D eigenvalue weighted by atomic mass is 9.97. The van der Waals surface area contributed by atoms with E-state index in [-0.39, 0.29) is 11.3 Å². The second-order valence-corrected chi connectivity index (χ2v) is 6.03. The van der Waals surface area contributed by atoms with Crippen LogP contribution < -0.4 is 4.74 Å². The molecular weight excluding hydrogens is 304 g/mol. The first-order valence-electron chi connectivity index (χ1n) is 8.26. The first kappa shape index (κ1) is 16.2. The standard InChI is InChI=1S/C20H20O4/c1-2-3-10-24-16-7-9-18-14(12-16)5-4-13-11-15(20(22)23)6-8-17(13)19(18)21/h6-9,11-12H,2-5,10H2,1H3,(H,22,23). The van der Waals surface area contributed by atoms with Crippen molar-refractivity contribution in [2.24, 2.45) is 0 Å². The molecule has 4 nitrogen and oxygen atoms in total. The fourth-order valence-electron chi connectivity index (χ4n) is 2.99. The molecule has 0 spiro atoms. The Bertz CT molecular complexity index is 792. The molecule has 1 aliphatic carbocycles. The molecule has 124 valence electrons. The van der Waals surface area contributed by atoms with Gasteiger partial charge in [-0.25, -0.2) is 4.79 Å². The Morgan fingerprint density at radius 3 is 2.42 bits per heavy atom. The number of fused-ring (bicyclic) bond motifs is 2. The normalized spacial score (nSPS) is 13.0. The van der Waals surface area contributed by atoms with Crippen molar-refractivity contribution >= 4 is 11.8 Å². The lowest BCUT2D eigenvalue weighted by Gasteiger charge is -2.10. The maximum Gasteiger partial charge on any atom is 0.335 e. The van der Waals surface area contributed by atoms with Gasteiger partial charge in [-0.2, -0.15) is 0 Å². The SMILES string of the molecule is CCCCOc1ccc2c(c1)CCc1cc(C(=O)O)ccc1C2=O. The number of hydrogen-bond donors (Lipinski definition) is 1. The van der Waals surface area contributed by atoms with Crippen LogP contribution in [0, 0.1) is 0 Å². The third-order valence-electron chi connectivity index (χ3n) is 4.35. The van der Waals surface area contributed by atoms with Crippen LogP contribution in [0.3, 0.4) is 0 Å². The number of carbonyl (C=O) groups is 2. The van der Waals surface area contributed by atoms with Gasteiger partial charge in [0.25, 0.3) is 0 Å². The van der Waals surface area contributed by atoms with Crippen molar-refractivity contribution in [1.29, 1.82) is 0 Å². The molecule has 0 bridgehead atoms. The second-order valence-electron chi connectivity index (χ2n) is 6.03. The van der Waals surface area contributed by atoms with Crippen molar-refractivity contribution in [2.75, 3.05) is 6.61 Å². The molecule has 1 aliphatic rings. The van der Waals surface area contributed by atoms with Crippen LogP contribution in [0.4, 0.5) is 0 Å². The van der Waals surface area contributed by atoms with Gasteiger partial charge in [0.15, 0.2) is 5.78 Å². The zero-order valence-corrected chi connectivity index (χ0v) is 13.7. The predicted octanol–water partition coefficient (Wildman–Crippen LogP) is 3.89. The van der Waals surface area contributed by atoms with Crippen LogP contribution in [0.1, 0.15) is 57.2 Å². The van der Waals surface area contributed by atoms with Crippen molar-refractivity contribution in [2.45, 2.75) is 32.6 Å². The lowest BCUT2D eigenvalue weighted by Crippen LogP contribution is -2.06. The molecule has 3 rings (SSSR count). The van der Waals surface area contributed by atoms with Gasteiger partial charge >= 0.3 is 5.97 Å².